The van der Waals surface area contributed by atoms with Crippen molar-refractivity contribution in [2.75, 3.05) is 7.11 Å². The summed E-state index contributed by atoms with van der Waals surface area (Å²) in [7, 11) is 1.36. The monoisotopic (exact) mass is 279 g/mol. The lowest BCUT2D eigenvalue weighted by atomic mass is 10.3. The number of carboxylic acid groups (broad SMARTS) is 1. The molecule has 0 aromatic carbocycles. The van der Waals surface area contributed by atoms with Crippen LogP contribution in [-0.4, -0.2) is 33.1 Å². The Labute approximate surface area is 111 Å². The minimum Gasteiger partial charge on any atom is -0.489 e. The summed E-state index contributed by atoms with van der Waals surface area (Å²) < 4.78 is 4.95. The first-order chi connectivity index (χ1) is 9.11. The van der Waals surface area contributed by atoms with Gasteiger partial charge in [-0.1, -0.05) is 0 Å². The van der Waals surface area contributed by atoms with Crippen molar-refractivity contribution in [3.63, 3.8) is 0 Å². The molecule has 0 aliphatic heterocycles. The third kappa shape index (κ3) is 2.91. The molecule has 0 unspecified atom stereocenters. The molecule has 0 atom stereocenters. The van der Waals surface area contributed by atoms with Gasteiger partial charge in [-0.3, -0.25) is 4.79 Å². The van der Waals surface area contributed by atoms with Gasteiger partial charge in [-0.05, 0) is 23.9 Å². The lowest BCUT2D eigenvalue weighted by Gasteiger charge is -2.05. The molecule has 98 valence electrons. The molecule has 0 fully saturated rings. The number of aromatic carboxylic acids is 1. The largest absolute Gasteiger partial charge is 0.489 e. The Morgan fingerprint density at radius 3 is 2.95 bits per heavy atom. The Balaban J connectivity index is 2.36. The number of methoxy groups -OCH3 is 1. The number of nitrogens with zero attached hydrogens (tertiary/aromatic N) is 2. The van der Waals surface area contributed by atoms with Gasteiger partial charge in [-0.15, -0.1) is 0 Å². The van der Waals surface area contributed by atoms with Gasteiger partial charge >= 0.3 is 5.97 Å². The molecule has 0 spiro atoms. The van der Waals surface area contributed by atoms with E-state index in [4.69, 9.17) is 9.84 Å². The molecule has 2 aromatic heterocycles. The molecule has 2 aromatic rings. The maximum absolute atomic E-state index is 11.5. The molecule has 19 heavy (non-hydrogen) atoms. The molecular formula is C11H9N3O4S. The van der Waals surface area contributed by atoms with Gasteiger partial charge in [0.1, 0.15) is 5.03 Å². The van der Waals surface area contributed by atoms with Crippen molar-refractivity contribution < 1.29 is 14.6 Å². The van der Waals surface area contributed by atoms with Crippen molar-refractivity contribution in [2.45, 2.75) is 10.1 Å². The van der Waals surface area contributed by atoms with Crippen molar-refractivity contribution in [3.8, 4) is 5.75 Å². The van der Waals surface area contributed by atoms with Crippen LogP contribution in [0.25, 0.3) is 0 Å². The van der Waals surface area contributed by atoms with Crippen LogP contribution in [0.3, 0.4) is 0 Å². The van der Waals surface area contributed by atoms with E-state index in [0.29, 0.717) is 10.1 Å². The van der Waals surface area contributed by atoms with Gasteiger partial charge in [0.15, 0.2) is 5.03 Å². The minimum absolute atomic E-state index is 0.0648. The summed E-state index contributed by atoms with van der Waals surface area (Å²) in [5.74, 6) is -0.981. The number of pyridine rings is 1. The second kappa shape index (κ2) is 5.53. The normalized spacial score (nSPS) is 10.2. The van der Waals surface area contributed by atoms with Crippen LogP contribution in [0.1, 0.15) is 10.4 Å². The van der Waals surface area contributed by atoms with Crippen LogP contribution in [0, 0.1) is 0 Å². The fraction of sp³-hybridized carbons (Fsp3) is 0.0909. The lowest BCUT2D eigenvalue weighted by Crippen LogP contribution is -2.10. The van der Waals surface area contributed by atoms with E-state index in [1.807, 2.05) is 0 Å². The summed E-state index contributed by atoms with van der Waals surface area (Å²) in [5.41, 5.74) is -0.296. The molecule has 0 saturated heterocycles. The fourth-order valence-corrected chi connectivity index (χ4v) is 2.19. The summed E-state index contributed by atoms with van der Waals surface area (Å²) in [5, 5.41) is 9.62. The Kier molecular flexibility index (Phi) is 3.81. The highest BCUT2D eigenvalue weighted by atomic mass is 32.2. The number of aromatic amines is 1. The maximum atomic E-state index is 11.5. The molecular weight excluding hydrogens is 270 g/mol. The summed E-state index contributed by atoms with van der Waals surface area (Å²) in [6.45, 7) is 0. The first-order valence-corrected chi connectivity index (χ1v) is 5.92. The average Bonchev–Trinajstić information content (AvgIpc) is 2.39. The van der Waals surface area contributed by atoms with Gasteiger partial charge in [0.2, 0.25) is 5.75 Å². The van der Waals surface area contributed by atoms with E-state index in [-0.39, 0.29) is 11.3 Å². The number of carboxylic acids is 1. The fourth-order valence-electron chi connectivity index (χ4n) is 1.32. The average molecular weight is 279 g/mol. The van der Waals surface area contributed by atoms with Crippen molar-refractivity contribution >= 4 is 17.7 Å². The SMILES string of the molecule is COc1c(Sc2cc(C(=O)O)ccn2)nc[nH]c1=O. The molecule has 7 nitrogen and oxygen atoms in total. The summed E-state index contributed by atoms with van der Waals surface area (Å²) in [4.78, 5) is 32.7. The van der Waals surface area contributed by atoms with Gasteiger partial charge in [-0.2, -0.15) is 0 Å². The second-order valence-electron chi connectivity index (χ2n) is 3.36. The van der Waals surface area contributed by atoms with E-state index in [0.717, 1.165) is 11.8 Å². The third-order valence-corrected chi connectivity index (χ3v) is 3.08. The predicted molar refractivity (Wildman–Crippen MR) is 66.7 cm³/mol. The molecule has 8 heteroatoms. The van der Waals surface area contributed by atoms with Crippen LogP contribution < -0.4 is 10.3 Å². The summed E-state index contributed by atoms with van der Waals surface area (Å²) in [6.07, 6.45) is 2.62. The molecule has 0 saturated carbocycles. The van der Waals surface area contributed by atoms with Crippen molar-refractivity contribution in [1.29, 1.82) is 0 Å². The maximum Gasteiger partial charge on any atom is 0.335 e. The topological polar surface area (TPSA) is 105 Å². The van der Waals surface area contributed by atoms with E-state index < -0.39 is 11.5 Å². The van der Waals surface area contributed by atoms with Crippen molar-refractivity contribution in [1.82, 2.24) is 15.0 Å². The number of aromatic nitrogens is 3. The van der Waals surface area contributed by atoms with Gasteiger partial charge in [0, 0.05) is 6.20 Å². The smallest absolute Gasteiger partial charge is 0.335 e. The molecule has 2 rings (SSSR count). The van der Waals surface area contributed by atoms with Crippen molar-refractivity contribution in [3.05, 3.63) is 40.6 Å². The van der Waals surface area contributed by atoms with E-state index in [1.165, 1.54) is 31.8 Å². The van der Waals surface area contributed by atoms with Crippen LogP contribution in [0.2, 0.25) is 0 Å². The molecule has 0 amide bonds. The molecule has 0 radical (unpaired) electrons. The Morgan fingerprint density at radius 2 is 2.26 bits per heavy atom. The van der Waals surface area contributed by atoms with Gasteiger partial charge in [0.05, 0.1) is 19.0 Å². The van der Waals surface area contributed by atoms with Crippen molar-refractivity contribution in [2.24, 2.45) is 0 Å². The number of hydrogen-bond acceptors (Lipinski definition) is 6. The predicted octanol–water partition coefficient (Wildman–Crippen LogP) is 1.02. The summed E-state index contributed by atoms with van der Waals surface area (Å²) >= 11 is 1.05. The number of hydrogen-bond donors (Lipinski definition) is 2. The zero-order chi connectivity index (χ0) is 13.8. The van der Waals surface area contributed by atoms with E-state index >= 15 is 0 Å². The number of ether oxygens (including phenoxy) is 1. The first kappa shape index (κ1) is 13.1. The highest BCUT2D eigenvalue weighted by Crippen LogP contribution is 2.29. The Morgan fingerprint density at radius 1 is 1.47 bits per heavy atom. The van der Waals surface area contributed by atoms with Gasteiger partial charge < -0.3 is 14.8 Å². The molecule has 0 aliphatic rings. The first-order valence-electron chi connectivity index (χ1n) is 5.10. The van der Waals surface area contributed by atoms with Crippen LogP contribution in [-0.2, 0) is 0 Å². The number of rotatable bonds is 4. The van der Waals surface area contributed by atoms with Crippen LogP contribution in [0.4, 0.5) is 0 Å². The second-order valence-corrected chi connectivity index (χ2v) is 4.37. The van der Waals surface area contributed by atoms with Gasteiger partial charge in [0.25, 0.3) is 5.56 Å². The zero-order valence-electron chi connectivity index (χ0n) is 9.78. The number of carbonyl (C=O) groups is 1. The quantitative estimate of drug-likeness (QED) is 0.805. The molecule has 2 heterocycles. The molecule has 0 bridgehead atoms. The number of H-pyrrole nitrogens is 1. The van der Waals surface area contributed by atoms with Crippen LogP contribution in [0.5, 0.6) is 5.75 Å². The standard InChI is InChI=1S/C11H9N3O4S/c1-18-8-9(15)13-5-14-10(8)19-7-4-6(11(16)17)2-3-12-7/h2-5H,1H3,(H,16,17)(H,13,14,15). The lowest BCUT2D eigenvalue weighted by molar-refractivity contribution is 0.0696. The van der Waals surface area contributed by atoms with E-state index in [1.54, 1.807) is 0 Å². The third-order valence-electron chi connectivity index (χ3n) is 2.17. The Hall–Kier alpha value is -2.35. The van der Waals surface area contributed by atoms with E-state index in [9.17, 15) is 9.59 Å². The number of nitrogens with one attached hydrogen (secondary N) is 1. The minimum atomic E-state index is -1.05. The van der Waals surface area contributed by atoms with E-state index in [2.05, 4.69) is 15.0 Å². The highest BCUT2D eigenvalue weighted by molar-refractivity contribution is 7.99. The highest BCUT2D eigenvalue weighted by Gasteiger charge is 2.12. The molecule has 2 N–H and O–H groups in total. The Bertz CT molecular complexity index is 671. The zero-order valence-corrected chi connectivity index (χ0v) is 10.6. The van der Waals surface area contributed by atoms with Gasteiger partial charge in [-0.25, -0.2) is 14.8 Å². The molecule has 0 aliphatic carbocycles. The van der Waals surface area contributed by atoms with Crippen LogP contribution >= 0.6 is 11.8 Å². The summed E-state index contributed by atoms with van der Waals surface area (Å²) in [6, 6.07) is 2.78. The van der Waals surface area contributed by atoms with Crippen LogP contribution in [0.15, 0.2) is 39.5 Å².